The number of ether oxygens (including phenoxy) is 3. The van der Waals surface area contributed by atoms with Crippen LogP contribution in [-0.4, -0.2) is 60.9 Å². The van der Waals surface area contributed by atoms with Crippen molar-refractivity contribution < 1.29 is 24.4 Å². The number of aliphatic hydroxyl groups excluding tert-OH is 2. The number of methoxy groups -OCH3 is 1. The van der Waals surface area contributed by atoms with E-state index < -0.39 is 6.29 Å². The molecule has 1 heterocycles. The quantitative estimate of drug-likeness (QED) is 0.222. The van der Waals surface area contributed by atoms with Crippen LogP contribution in [0.3, 0.4) is 0 Å². The molecule has 1 fully saturated rings. The van der Waals surface area contributed by atoms with E-state index in [-0.39, 0.29) is 12.7 Å². The van der Waals surface area contributed by atoms with Crippen LogP contribution < -0.4 is 19.5 Å². The van der Waals surface area contributed by atoms with E-state index >= 15 is 0 Å². The van der Waals surface area contributed by atoms with E-state index in [0.717, 1.165) is 41.2 Å². The lowest BCUT2D eigenvalue weighted by Crippen LogP contribution is -2.49. The third kappa shape index (κ3) is 7.74. The summed E-state index contributed by atoms with van der Waals surface area (Å²) in [6.45, 7) is 7.63. The lowest BCUT2D eigenvalue weighted by atomic mass is 10.1. The predicted octanol–water partition coefficient (Wildman–Crippen LogP) is 3.40. The Balaban J connectivity index is 1.69. The molecule has 0 spiro atoms. The number of aliphatic hydroxyl groups is 2. The van der Waals surface area contributed by atoms with Crippen molar-refractivity contribution in [3.8, 4) is 17.2 Å². The number of nitrogens with zero attached hydrogens (tertiary/aromatic N) is 1. The van der Waals surface area contributed by atoms with Crippen LogP contribution in [0.15, 0.2) is 48.6 Å². The topological polar surface area (TPSA) is 83.4 Å². The molecule has 1 unspecified atom stereocenters. The average Bonchev–Trinajstić information content (AvgIpc) is 2.80. The van der Waals surface area contributed by atoms with Gasteiger partial charge in [0, 0.05) is 50.8 Å². The number of rotatable bonds is 14. The Morgan fingerprint density at radius 2 is 1.94 bits per heavy atom. The molecule has 0 radical (unpaired) electrons. The summed E-state index contributed by atoms with van der Waals surface area (Å²) in [4.78, 5) is 2.18. The molecule has 0 saturated carbocycles. The number of hydrogen-bond acceptors (Lipinski definition) is 7. The zero-order chi connectivity index (χ0) is 24.3. The summed E-state index contributed by atoms with van der Waals surface area (Å²) in [5, 5.41) is 21.7. The van der Waals surface area contributed by atoms with Crippen molar-refractivity contribution in [3.63, 3.8) is 0 Å². The molecule has 2 aromatic carbocycles. The predicted molar refractivity (Wildman–Crippen MR) is 133 cm³/mol. The highest BCUT2D eigenvalue weighted by molar-refractivity contribution is 5.41. The zero-order valence-electron chi connectivity index (χ0n) is 20.5. The van der Waals surface area contributed by atoms with Crippen molar-refractivity contribution in [2.75, 3.05) is 33.4 Å². The van der Waals surface area contributed by atoms with E-state index in [2.05, 4.69) is 35.4 Å². The number of likely N-dealkylation sites (tertiary alicyclic amines) is 1. The van der Waals surface area contributed by atoms with E-state index in [1.54, 1.807) is 7.11 Å². The minimum atomic E-state index is -0.485. The number of β-amino-alcohol motifs (C(OH)–C–C–N with tert-alkyl or cyclic N) is 1. The molecule has 1 saturated heterocycles. The summed E-state index contributed by atoms with van der Waals surface area (Å²) >= 11 is 0. The van der Waals surface area contributed by atoms with Crippen molar-refractivity contribution in [2.24, 2.45) is 0 Å². The summed E-state index contributed by atoms with van der Waals surface area (Å²) in [6, 6.07) is 11.9. The third-order valence-electron chi connectivity index (χ3n) is 5.70. The molecule has 0 aromatic heterocycles. The molecular formula is C27H38N2O5. The average molecular weight is 471 g/mol. The highest BCUT2D eigenvalue weighted by atomic mass is 16.7. The standard InChI is InChI=1S/C27H38N2O5/c1-4-5-6-7-27(34-25-11-8-21(14-20(25)2)16-28-12-13-30)33-24-10-9-22(26(15-24)32-3)17-29-18-23(31)19-29/h5-6,8-11,14-15,23,27-28,30-31H,4,7,12-13,16-19H2,1-3H3/b6-5-. The Morgan fingerprint density at radius 3 is 2.62 bits per heavy atom. The van der Waals surface area contributed by atoms with Crippen LogP contribution in [0.1, 0.15) is 36.5 Å². The largest absolute Gasteiger partial charge is 0.496 e. The first-order chi connectivity index (χ1) is 16.5. The maximum atomic E-state index is 9.53. The summed E-state index contributed by atoms with van der Waals surface area (Å²) in [5.41, 5.74) is 3.23. The molecule has 0 aliphatic carbocycles. The molecule has 7 heteroatoms. The van der Waals surface area contributed by atoms with E-state index in [9.17, 15) is 5.11 Å². The van der Waals surface area contributed by atoms with Gasteiger partial charge in [-0.15, -0.1) is 0 Å². The van der Waals surface area contributed by atoms with E-state index in [0.29, 0.717) is 38.3 Å². The molecule has 7 nitrogen and oxygen atoms in total. The summed E-state index contributed by atoms with van der Waals surface area (Å²) < 4.78 is 18.1. The van der Waals surface area contributed by atoms with Crippen molar-refractivity contribution in [3.05, 3.63) is 65.2 Å². The first-order valence-corrected chi connectivity index (χ1v) is 12.0. The van der Waals surface area contributed by atoms with Crippen molar-refractivity contribution in [1.29, 1.82) is 0 Å². The number of allylic oxidation sites excluding steroid dienone is 1. The van der Waals surface area contributed by atoms with Gasteiger partial charge in [0.25, 0.3) is 0 Å². The van der Waals surface area contributed by atoms with Crippen LogP contribution in [0.2, 0.25) is 0 Å². The van der Waals surface area contributed by atoms with Gasteiger partial charge in [-0.25, -0.2) is 0 Å². The van der Waals surface area contributed by atoms with Crippen LogP contribution >= 0.6 is 0 Å². The Morgan fingerprint density at radius 1 is 1.12 bits per heavy atom. The van der Waals surface area contributed by atoms with Gasteiger partial charge in [0.15, 0.2) is 0 Å². The Kier molecular flexibility index (Phi) is 10.2. The number of aryl methyl sites for hydroxylation is 1. The maximum Gasteiger partial charge on any atom is 0.244 e. The normalized spacial score (nSPS) is 15.3. The van der Waals surface area contributed by atoms with E-state index in [1.165, 1.54) is 0 Å². The second kappa shape index (κ2) is 13.3. The van der Waals surface area contributed by atoms with E-state index in [1.807, 2.05) is 37.3 Å². The molecule has 1 atom stereocenters. The number of nitrogens with one attached hydrogen (secondary N) is 1. The Labute approximate surface area is 203 Å². The smallest absolute Gasteiger partial charge is 0.244 e. The Bertz CT molecular complexity index is 927. The van der Waals surface area contributed by atoms with Gasteiger partial charge in [-0.2, -0.15) is 0 Å². The Hall–Kier alpha value is -2.58. The third-order valence-corrected chi connectivity index (χ3v) is 5.70. The lowest BCUT2D eigenvalue weighted by molar-refractivity contribution is -0.00346. The second-order valence-corrected chi connectivity index (χ2v) is 8.60. The van der Waals surface area contributed by atoms with Gasteiger partial charge in [0.2, 0.25) is 6.29 Å². The van der Waals surface area contributed by atoms with Gasteiger partial charge in [-0.05, 0) is 36.6 Å². The van der Waals surface area contributed by atoms with Crippen LogP contribution in [-0.2, 0) is 13.1 Å². The van der Waals surface area contributed by atoms with Crippen LogP contribution in [0.4, 0.5) is 0 Å². The van der Waals surface area contributed by atoms with Gasteiger partial charge < -0.3 is 29.7 Å². The van der Waals surface area contributed by atoms with Gasteiger partial charge in [0.1, 0.15) is 17.2 Å². The van der Waals surface area contributed by atoms with E-state index in [4.69, 9.17) is 19.3 Å². The first-order valence-electron chi connectivity index (χ1n) is 12.0. The van der Waals surface area contributed by atoms with Crippen LogP contribution in [0.5, 0.6) is 17.2 Å². The molecule has 1 aliphatic rings. The molecule has 0 amide bonds. The maximum absolute atomic E-state index is 9.53. The fraction of sp³-hybridized carbons (Fsp3) is 0.481. The fourth-order valence-corrected chi connectivity index (χ4v) is 3.89. The van der Waals surface area contributed by atoms with Crippen LogP contribution in [0, 0.1) is 6.92 Å². The van der Waals surface area contributed by atoms with Crippen molar-refractivity contribution >= 4 is 0 Å². The summed E-state index contributed by atoms with van der Waals surface area (Å²) in [6.07, 6.45) is 5.04. The van der Waals surface area contributed by atoms with Crippen molar-refractivity contribution in [2.45, 2.75) is 52.2 Å². The monoisotopic (exact) mass is 470 g/mol. The highest BCUT2D eigenvalue weighted by Gasteiger charge is 2.25. The van der Waals surface area contributed by atoms with Gasteiger partial charge >= 0.3 is 0 Å². The highest BCUT2D eigenvalue weighted by Crippen LogP contribution is 2.29. The van der Waals surface area contributed by atoms with Crippen LogP contribution in [0.25, 0.3) is 0 Å². The van der Waals surface area contributed by atoms with Gasteiger partial charge in [-0.1, -0.05) is 37.3 Å². The molecule has 3 N–H and O–H groups in total. The first kappa shape index (κ1) is 26.0. The number of hydrogen-bond donors (Lipinski definition) is 3. The summed E-state index contributed by atoms with van der Waals surface area (Å²) in [5.74, 6) is 2.22. The fourth-order valence-electron chi connectivity index (χ4n) is 3.89. The molecule has 34 heavy (non-hydrogen) atoms. The SMILES string of the molecule is CC/C=C\CC(Oc1ccc(CN2CC(O)C2)c(OC)c1)Oc1ccc(CNCCO)cc1C. The molecule has 1 aliphatic heterocycles. The lowest BCUT2D eigenvalue weighted by Gasteiger charge is -2.36. The minimum absolute atomic E-state index is 0.123. The molecular weight excluding hydrogens is 432 g/mol. The van der Waals surface area contributed by atoms with Gasteiger partial charge in [-0.3, -0.25) is 4.90 Å². The number of benzene rings is 2. The summed E-state index contributed by atoms with van der Waals surface area (Å²) in [7, 11) is 1.66. The van der Waals surface area contributed by atoms with Gasteiger partial charge in [0.05, 0.1) is 19.8 Å². The second-order valence-electron chi connectivity index (χ2n) is 8.60. The molecule has 0 bridgehead atoms. The molecule has 2 aromatic rings. The molecule has 186 valence electrons. The molecule has 3 rings (SSSR count). The zero-order valence-corrected chi connectivity index (χ0v) is 20.5. The minimum Gasteiger partial charge on any atom is -0.496 e. The van der Waals surface area contributed by atoms with Crippen molar-refractivity contribution in [1.82, 2.24) is 10.2 Å².